The summed E-state index contributed by atoms with van der Waals surface area (Å²) in [6, 6.07) is 30.5. The number of esters is 1. The maximum atomic E-state index is 12.6. The number of rotatable bonds is 8. The number of hydrogen-bond donors (Lipinski definition) is 1. The quantitative estimate of drug-likeness (QED) is 0.180. The molecule has 0 saturated heterocycles. The average Bonchev–Trinajstić information content (AvgIpc) is 3.37. The predicted molar refractivity (Wildman–Crippen MR) is 175 cm³/mol. The van der Waals surface area contributed by atoms with E-state index in [0.717, 1.165) is 49.8 Å². The Kier molecular flexibility index (Phi) is 8.56. The lowest BCUT2D eigenvalue weighted by molar-refractivity contribution is -0.143. The molecule has 1 unspecified atom stereocenters. The van der Waals surface area contributed by atoms with Gasteiger partial charge in [0.1, 0.15) is 22.8 Å². The predicted octanol–water partition coefficient (Wildman–Crippen LogP) is 9.00. The number of hydrogen-bond acceptors (Lipinski definition) is 6. The van der Waals surface area contributed by atoms with Crippen molar-refractivity contribution in [1.82, 2.24) is 5.32 Å². The minimum atomic E-state index is -0.874. The number of methoxy groups -OCH3 is 1. The zero-order valence-corrected chi connectivity index (χ0v) is 26.2. The number of thioether (sulfide) groups is 1. The highest BCUT2D eigenvalue weighted by Gasteiger charge is 2.39. The van der Waals surface area contributed by atoms with Gasteiger partial charge < -0.3 is 19.2 Å². The summed E-state index contributed by atoms with van der Waals surface area (Å²) >= 11 is 1.57. The van der Waals surface area contributed by atoms with Gasteiger partial charge in [0.25, 0.3) is 0 Å². The van der Waals surface area contributed by atoms with E-state index >= 15 is 0 Å². The first-order chi connectivity index (χ1) is 20.4. The lowest BCUT2D eigenvalue weighted by atomic mass is 9.98. The first-order valence-corrected chi connectivity index (χ1v) is 15.2. The SMILES string of the molecule is COC(=O)C(NC(=O)OC(C)(C)C)C(C)(C)SCc1ccc(-c2ccc(-c3cccc4c3oc3ccccc34)cc2)cc1. The Morgan fingerprint density at radius 3 is 2.05 bits per heavy atom. The maximum absolute atomic E-state index is 12.6. The molecule has 4 aromatic carbocycles. The Hall–Kier alpha value is -4.23. The second-order valence-electron chi connectivity index (χ2n) is 12.0. The van der Waals surface area contributed by atoms with Gasteiger partial charge in [-0.25, -0.2) is 9.59 Å². The number of carbonyl (C=O) groups excluding carboxylic acids is 2. The molecule has 6 nitrogen and oxygen atoms in total. The third-order valence-corrected chi connectivity index (χ3v) is 8.75. The van der Waals surface area contributed by atoms with Crippen LogP contribution in [0, 0.1) is 0 Å². The van der Waals surface area contributed by atoms with Gasteiger partial charge in [-0.2, -0.15) is 0 Å². The molecule has 0 bridgehead atoms. The highest BCUT2D eigenvalue weighted by Crippen LogP contribution is 2.37. The van der Waals surface area contributed by atoms with E-state index in [1.54, 1.807) is 32.5 Å². The third kappa shape index (κ3) is 6.89. The molecule has 0 aliphatic rings. The van der Waals surface area contributed by atoms with E-state index < -0.39 is 28.5 Å². The van der Waals surface area contributed by atoms with Crippen LogP contribution in [0.1, 0.15) is 40.2 Å². The molecule has 5 aromatic rings. The largest absolute Gasteiger partial charge is 0.467 e. The van der Waals surface area contributed by atoms with Crippen LogP contribution in [0.2, 0.25) is 0 Å². The van der Waals surface area contributed by atoms with E-state index in [0.29, 0.717) is 5.75 Å². The van der Waals surface area contributed by atoms with Gasteiger partial charge in [-0.15, -0.1) is 11.8 Å². The summed E-state index contributed by atoms with van der Waals surface area (Å²) in [6.45, 7) is 9.16. The van der Waals surface area contributed by atoms with Crippen LogP contribution in [-0.4, -0.2) is 35.6 Å². The van der Waals surface area contributed by atoms with Gasteiger partial charge in [0.2, 0.25) is 0 Å². The van der Waals surface area contributed by atoms with Crippen molar-refractivity contribution in [2.75, 3.05) is 7.11 Å². The molecule has 1 atom stereocenters. The molecule has 0 fully saturated rings. The van der Waals surface area contributed by atoms with Gasteiger partial charge in [0.15, 0.2) is 0 Å². The number of benzene rings is 4. The molecule has 0 spiro atoms. The van der Waals surface area contributed by atoms with Crippen LogP contribution in [0.5, 0.6) is 0 Å². The van der Waals surface area contributed by atoms with Crippen LogP contribution in [-0.2, 0) is 20.0 Å². The van der Waals surface area contributed by atoms with Gasteiger partial charge in [0, 0.05) is 26.8 Å². The van der Waals surface area contributed by atoms with Crippen LogP contribution in [0.25, 0.3) is 44.2 Å². The van der Waals surface area contributed by atoms with E-state index in [9.17, 15) is 9.59 Å². The molecule has 7 heteroatoms. The molecule has 1 N–H and O–H groups in total. The van der Waals surface area contributed by atoms with Gasteiger partial charge in [-0.3, -0.25) is 0 Å². The van der Waals surface area contributed by atoms with Crippen molar-refractivity contribution < 1.29 is 23.5 Å². The number of amides is 1. The van der Waals surface area contributed by atoms with Gasteiger partial charge >= 0.3 is 12.1 Å². The number of nitrogens with one attached hydrogen (secondary N) is 1. The standard InChI is InChI=1S/C36H37NO5S/c1-35(2,3)42-34(39)37-32(33(38)40-6)36(4,5)43-22-23-14-16-24(17-15-23)25-18-20-26(21-19-25)27-11-9-12-29-28-10-7-8-13-30(28)41-31(27)29/h7-21,32H,22H2,1-6H3,(H,37,39). The summed E-state index contributed by atoms with van der Waals surface area (Å²) in [5.74, 6) is 0.135. The topological polar surface area (TPSA) is 77.8 Å². The van der Waals surface area contributed by atoms with E-state index in [1.165, 1.54) is 7.11 Å². The fourth-order valence-corrected chi connectivity index (χ4v) is 6.08. The summed E-state index contributed by atoms with van der Waals surface area (Å²) in [4.78, 5) is 25.0. The monoisotopic (exact) mass is 595 g/mol. The Labute approximate surface area is 256 Å². The molecule has 0 aliphatic heterocycles. The Morgan fingerprint density at radius 1 is 0.791 bits per heavy atom. The zero-order chi connectivity index (χ0) is 30.8. The fourth-order valence-electron chi connectivity index (χ4n) is 5.02. The van der Waals surface area contributed by atoms with Crippen molar-refractivity contribution in [3.8, 4) is 22.3 Å². The summed E-state index contributed by atoms with van der Waals surface area (Å²) in [5.41, 5.74) is 6.63. The van der Waals surface area contributed by atoms with E-state index in [-0.39, 0.29) is 0 Å². The Bertz CT molecular complexity index is 1750. The number of fused-ring (bicyclic) bond motifs is 3. The third-order valence-electron chi connectivity index (χ3n) is 7.29. The molecule has 0 saturated carbocycles. The van der Waals surface area contributed by atoms with Crippen LogP contribution in [0.4, 0.5) is 4.79 Å². The molecule has 222 valence electrons. The molecule has 1 aromatic heterocycles. The van der Waals surface area contributed by atoms with Crippen molar-refractivity contribution in [3.63, 3.8) is 0 Å². The molecular formula is C36H37NO5S. The molecule has 5 rings (SSSR count). The Morgan fingerprint density at radius 2 is 1.40 bits per heavy atom. The van der Waals surface area contributed by atoms with Crippen molar-refractivity contribution in [3.05, 3.63) is 96.6 Å². The van der Waals surface area contributed by atoms with Crippen LogP contribution >= 0.6 is 11.8 Å². The molecular weight excluding hydrogens is 558 g/mol. The number of furan rings is 1. The fraction of sp³-hybridized carbons (Fsp3) is 0.278. The minimum absolute atomic E-state index is 0.515. The lowest BCUT2D eigenvalue weighted by Gasteiger charge is -2.33. The summed E-state index contributed by atoms with van der Waals surface area (Å²) in [6.07, 6.45) is -0.652. The second kappa shape index (κ2) is 12.2. The van der Waals surface area contributed by atoms with E-state index in [1.807, 2.05) is 32.0 Å². The van der Waals surface area contributed by atoms with Crippen molar-refractivity contribution >= 4 is 45.8 Å². The van der Waals surface area contributed by atoms with Crippen LogP contribution in [0.15, 0.2) is 95.4 Å². The van der Waals surface area contributed by atoms with E-state index in [2.05, 4.69) is 78.1 Å². The molecule has 1 amide bonds. The van der Waals surface area contributed by atoms with Gasteiger partial charge in [-0.1, -0.05) is 84.9 Å². The number of ether oxygens (including phenoxy) is 2. The molecule has 0 aliphatic carbocycles. The smallest absolute Gasteiger partial charge is 0.408 e. The molecule has 43 heavy (non-hydrogen) atoms. The van der Waals surface area contributed by atoms with Crippen molar-refractivity contribution in [2.45, 2.75) is 56.8 Å². The summed E-state index contributed by atoms with van der Waals surface area (Å²) in [5, 5.41) is 4.94. The highest BCUT2D eigenvalue weighted by molar-refractivity contribution is 7.99. The Balaban J connectivity index is 1.27. The average molecular weight is 596 g/mol. The van der Waals surface area contributed by atoms with Crippen LogP contribution in [0.3, 0.4) is 0 Å². The van der Waals surface area contributed by atoms with E-state index in [4.69, 9.17) is 13.9 Å². The van der Waals surface area contributed by atoms with Gasteiger partial charge in [-0.05, 0) is 62.9 Å². The number of alkyl carbamates (subject to hydrolysis) is 1. The highest BCUT2D eigenvalue weighted by atomic mass is 32.2. The lowest BCUT2D eigenvalue weighted by Crippen LogP contribution is -2.54. The number of carbonyl (C=O) groups is 2. The first kappa shape index (κ1) is 30.2. The minimum Gasteiger partial charge on any atom is -0.467 e. The summed E-state index contributed by atoms with van der Waals surface area (Å²) < 4.78 is 15.9. The first-order valence-electron chi connectivity index (χ1n) is 14.3. The summed E-state index contributed by atoms with van der Waals surface area (Å²) in [7, 11) is 1.32. The molecule has 0 radical (unpaired) electrons. The van der Waals surface area contributed by atoms with Crippen molar-refractivity contribution in [2.24, 2.45) is 0 Å². The molecule has 1 heterocycles. The van der Waals surface area contributed by atoms with Crippen LogP contribution < -0.4 is 5.32 Å². The number of para-hydroxylation sites is 2. The van der Waals surface area contributed by atoms with Gasteiger partial charge in [0.05, 0.1) is 7.11 Å². The second-order valence-corrected chi connectivity index (χ2v) is 13.7. The van der Waals surface area contributed by atoms with Crippen molar-refractivity contribution in [1.29, 1.82) is 0 Å². The maximum Gasteiger partial charge on any atom is 0.408 e. The normalized spacial score (nSPS) is 12.7. The zero-order valence-electron chi connectivity index (χ0n) is 25.4.